The normalized spacial score (nSPS) is 15.0. The third-order valence-corrected chi connectivity index (χ3v) is 5.17. The van der Waals surface area contributed by atoms with E-state index in [4.69, 9.17) is 4.84 Å². The van der Waals surface area contributed by atoms with Crippen molar-refractivity contribution in [1.29, 1.82) is 5.26 Å². The maximum Gasteiger partial charge on any atom is 0.417 e. The van der Waals surface area contributed by atoms with Crippen LogP contribution in [-0.4, -0.2) is 29.6 Å². The van der Waals surface area contributed by atoms with Gasteiger partial charge in [0.05, 0.1) is 48.3 Å². The van der Waals surface area contributed by atoms with Gasteiger partial charge in [-0.2, -0.15) is 18.4 Å². The predicted molar refractivity (Wildman–Crippen MR) is 118 cm³/mol. The zero-order chi connectivity index (χ0) is 23.6. The Hall–Kier alpha value is -4.04. The van der Waals surface area contributed by atoms with E-state index in [9.17, 15) is 18.4 Å². The van der Waals surface area contributed by atoms with Crippen LogP contribution in [-0.2, 0) is 11.0 Å². The molecule has 11 heteroatoms. The molecule has 1 atom stereocenters. The lowest BCUT2D eigenvalue weighted by Crippen LogP contribution is -2.41. The highest BCUT2D eigenvalue weighted by atomic mass is 19.4. The second-order valence-electron chi connectivity index (χ2n) is 7.37. The van der Waals surface area contributed by atoms with Gasteiger partial charge in [0.15, 0.2) is 5.96 Å². The van der Waals surface area contributed by atoms with Crippen LogP contribution in [0.25, 0.3) is 16.7 Å². The molecular weight excluding hydrogens is 435 g/mol. The largest absolute Gasteiger partial charge is 0.417 e. The second kappa shape index (κ2) is 8.84. The quantitative estimate of drug-likeness (QED) is 0.431. The van der Waals surface area contributed by atoms with Gasteiger partial charge in [0.25, 0.3) is 0 Å². The van der Waals surface area contributed by atoms with Crippen LogP contribution in [0.2, 0.25) is 0 Å². The van der Waals surface area contributed by atoms with Crippen LogP contribution in [0.15, 0.2) is 53.3 Å². The van der Waals surface area contributed by atoms with Crippen molar-refractivity contribution in [3.05, 3.63) is 65.0 Å². The number of pyridine rings is 1. The van der Waals surface area contributed by atoms with E-state index in [0.717, 1.165) is 23.5 Å². The lowest BCUT2D eigenvalue weighted by molar-refractivity contribution is -0.137. The summed E-state index contributed by atoms with van der Waals surface area (Å²) in [5.41, 5.74) is 4.91. The second-order valence-corrected chi connectivity index (χ2v) is 7.37. The first kappa shape index (κ1) is 22.2. The number of benzene rings is 1. The van der Waals surface area contributed by atoms with Crippen molar-refractivity contribution in [2.75, 3.05) is 19.1 Å². The number of hydrogen-bond donors (Lipinski definition) is 4. The molecule has 0 bridgehead atoms. The first-order chi connectivity index (χ1) is 15.8. The molecule has 1 aliphatic rings. The fourth-order valence-corrected chi connectivity index (χ4v) is 3.47. The van der Waals surface area contributed by atoms with Crippen LogP contribution in [0.1, 0.15) is 29.7 Å². The van der Waals surface area contributed by atoms with Crippen molar-refractivity contribution in [1.82, 2.24) is 20.6 Å². The van der Waals surface area contributed by atoms with Crippen LogP contribution in [0, 0.1) is 11.3 Å². The third kappa shape index (κ3) is 4.61. The number of nitriles is 1. The SMILES string of the molecule is CONc1ccc([C@@H](C)NC2=NC(c3c[nH]c4ncc(C(F)(F)F)cc34)=C(C#N)CN2)cc1. The van der Waals surface area contributed by atoms with Crippen molar-refractivity contribution < 1.29 is 18.0 Å². The summed E-state index contributed by atoms with van der Waals surface area (Å²) in [4.78, 5) is 16.1. The molecule has 1 aliphatic heterocycles. The number of alkyl halides is 3. The average Bonchev–Trinajstić information content (AvgIpc) is 3.22. The van der Waals surface area contributed by atoms with E-state index in [1.54, 1.807) is 0 Å². The van der Waals surface area contributed by atoms with E-state index < -0.39 is 11.7 Å². The third-order valence-electron chi connectivity index (χ3n) is 5.17. The number of nitrogens with zero attached hydrogens (tertiary/aromatic N) is 3. The number of guanidine groups is 1. The van der Waals surface area contributed by atoms with E-state index >= 15 is 0 Å². The zero-order valence-corrected chi connectivity index (χ0v) is 17.7. The molecule has 4 N–H and O–H groups in total. The molecule has 1 aromatic carbocycles. The summed E-state index contributed by atoms with van der Waals surface area (Å²) < 4.78 is 39.6. The van der Waals surface area contributed by atoms with Gasteiger partial charge in [-0.15, -0.1) is 0 Å². The van der Waals surface area contributed by atoms with Gasteiger partial charge in [0.2, 0.25) is 0 Å². The topological polar surface area (TPSA) is 110 Å². The maximum absolute atomic E-state index is 13.2. The molecule has 0 aliphatic carbocycles. The van der Waals surface area contributed by atoms with Crippen molar-refractivity contribution in [2.45, 2.75) is 19.1 Å². The van der Waals surface area contributed by atoms with Crippen LogP contribution < -0.4 is 16.1 Å². The Morgan fingerprint density at radius 2 is 2.00 bits per heavy atom. The Bertz CT molecular complexity index is 1270. The highest BCUT2D eigenvalue weighted by Gasteiger charge is 2.32. The summed E-state index contributed by atoms with van der Waals surface area (Å²) in [5.74, 6) is 0.407. The highest BCUT2D eigenvalue weighted by Crippen LogP contribution is 2.34. The minimum atomic E-state index is -4.53. The number of aliphatic imine (C=N–C) groups is 1. The Morgan fingerprint density at radius 1 is 1.24 bits per heavy atom. The number of halogens is 3. The van der Waals surface area contributed by atoms with Gasteiger partial charge in [-0.3, -0.25) is 10.3 Å². The minimum Gasteiger partial charge on any atom is -0.351 e. The lowest BCUT2D eigenvalue weighted by Gasteiger charge is -2.22. The number of aromatic nitrogens is 2. The molecular formula is C22H20F3N7O. The van der Waals surface area contributed by atoms with Crippen molar-refractivity contribution in [2.24, 2.45) is 4.99 Å². The standard InChI is InChI=1S/C22H20F3N7O/c1-12(13-3-5-16(6-4-13)32-33-2)30-21-29-9-14(8-26)19(31-21)18-11-28-20-17(18)7-15(10-27-20)22(23,24)25/h3-7,10-12,32H,9H2,1-2H3,(H,27,28)(H2,29,30,31)/t12-/m1/s1. The Kier molecular flexibility index (Phi) is 5.93. The Morgan fingerprint density at radius 3 is 2.67 bits per heavy atom. The van der Waals surface area contributed by atoms with Gasteiger partial charge in [-0.1, -0.05) is 12.1 Å². The van der Waals surface area contributed by atoms with E-state index in [1.165, 1.54) is 13.3 Å². The number of hydrogen-bond acceptors (Lipinski definition) is 7. The van der Waals surface area contributed by atoms with E-state index in [1.807, 2.05) is 31.2 Å². The van der Waals surface area contributed by atoms with Gasteiger partial charge >= 0.3 is 6.18 Å². The smallest absolute Gasteiger partial charge is 0.351 e. The Labute approximate surface area is 187 Å². The molecule has 2 aromatic heterocycles. The van der Waals surface area contributed by atoms with Crippen molar-refractivity contribution in [3.8, 4) is 6.07 Å². The molecule has 0 saturated heterocycles. The summed E-state index contributed by atoms with van der Waals surface area (Å²) in [5, 5.41) is 16.1. The van der Waals surface area contributed by atoms with Crippen LogP contribution in [0.5, 0.6) is 0 Å². The summed E-state index contributed by atoms with van der Waals surface area (Å²) in [6.07, 6.45) is -2.24. The highest BCUT2D eigenvalue weighted by molar-refractivity contribution is 5.97. The summed E-state index contributed by atoms with van der Waals surface area (Å²) in [7, 11) is 1.53. The van der Waals surface area contributed by atoms with Gasteiger partial charge in [-0.05, 0) is 30.7 Å². The molecule has 0 radical (unpaired) electrons. The summed E-state index contributed by atoms with van der Waals surface area (Å²) >= 11 is 0. The van der Waals surface area contributed by atoms with Crippen LogP contribution in [0.3, 0.4) is 0 Å². The molecule has 0 amide bonds. The number of anilines is 1. The first-order valence-electron chi connectivity index (χ1n) is 9.96. The van der Waals surface area contributed by atoms with E-state index in [-0.39, 0.29) is 29.3 Å². The Balaban J connectivity index is 1.65. The molecule has 33 heavy (non-hydrogen) atoms. The molecule has 0 spiro atoms. The maximum atomic E-state index is 13.2. The monoisotopic (exact) mass is 455 g/mol. The first-order valence-corrected chi connectivity index (χ1v) is 9.96. The number of H-pyrrole nitrogens is 1. The molecule has 3 heterocycles. The molecule has 0 fully saturated rings. The van der Waals surface area contributed by atoms with E-state index in [0.29, 0.717) is 17.1 Å². The van der Waals surface area contributed by atoms with Crippen LogP contribution in [0.4, 0.5) is 18.9 Å². The van der Waals surface area contributed by atoms with Gasteiger partial charge < -0.3 is 15.6 Å². The molecule has 8 nitrogen and oxygen atoms in total. The molecule has 170 valence electrons. The van der Waals surface area contributed by atoms with Gasteiger partial charge in [-0.25, -0.2) is 9.98 Å². The fourth-order valence-electron chi connectivity index (χ4n) is 3.47. The fraction of sp³-hybridized carbons (Fsp3) is 0.227. The number of nitrogens with one attached hydrogen (secondary N) is 4. The summed E-state index contributed by atoms with van der Waals surface area (Å²) in [6.45, 7) is 2.12. The molecule has 4 rings (SSSR count). The molecule has 0 unspecified atom stereocenters. The lowest BCUT2D eigenvalue weighted by atomic mass is 10.0. The van der Waals surface area contributed by atoms with E-state index in [2.05, 4.69) is 37.1 Å². The van der Waals surface area contributed by atoms with Crippen LogP contribution >= 0.6 is 0 Å². The van der Waals surface area contributed by atoms with Crippen molar-refractivity contribution in [3.63, 3.8) is 0 Å². The molecule has 3 aromatic rings. The van der Waals surface area contributed by atoms with Gasteiger partial charge in [0.1, 0.15) is 5.65 Å². The minimum absolute atomic E-state index is 0.140. The number of fused-ring (bicyclic) bond motifs is 1. The number of rotatable bonds is 5. The summed E-state index contributed by atoms with van der Waals surface area (Å²) in [6, 6.07) is 10.5. The zero-order valence-electron chi connectivity index (χ0n) is 17.7. The number of aromatic amines is 1. The average molecular weight is 455 g/mol. The molecule has 0 saturated carbocycles. The van der Waals surface area contributed by atoms with Gasteiger partial charge in [0, 0.05) is 23.3 Å². The van der Waals surface area contributed by atoms with Crippen molar-refractivity contribution >= 4 is 28.4 Å². The predicted octanol–water partition coefficient (Wildman–Crippen LogP) is 4.10.